The zero-order valence-electron chi connectivity index (χ0n) is 15.4. The molecular weight excluding hydrogens is 342 g/mol. The molecule has 140 valence electrons. The van der Waals surface area contributed by atoms with Gasteiger partial charge in [-0.1, -0.05) is 30.3 Å². The van der Waals surface area contributed by atoms with E-state index < -0.39 is 0 Å². The van der Waals surface area contributed by atoms with Gasteiger partial charge in [-0.25, -0.2) is 4.98 Å². The molecule has 27 heavy (non-hydrogen) atoms. The van der Waals surface area contributed by atoms with Crippen LogP contribution in [0, 0.1) is 0 Å². The molecule has 2 aromatic rings. The van der Waals surface area contributed by atoms with Crippen molar-refractivity contribution in [3.05, 3.63) is 47.2 Å². The number of benzene rings is 1. The Hall–Kier alpha value is -2.96. The molecule has 1 aromatic carbocycles. The van der Waals surface area contributed by atoms with Crippen molar-refractivity contribution in [2.75, 3.05) is 43.4 Å². The van der Waals surface area contributed by atoms with E-state index in [0.717, 1.165) is 18.5 Å². The van der Waals surface area contributed by atoms with Crippen molar-refractivity contribution in [3.8, 4) is 0 Å². The van der Waals surface area contributed by atoms with E-state index in [1.165, 1.54) is 5.56 Å². The summed E-state index contributed by atoms with van der Waals surface area (Å²) in [6.45, 7) is 2.70. The van der Waals surface area contributed by atoms with E-state index >= 15 is 0 Å². The molecule has 0 radical (unpaired) electrons. The van der Waals surface area contributed by atoms with E-state index in [1.54, 1.807) is 11.9 Å². The Morgan fingerprint density at radius 3 is 2.48 bits per heavy atom. The van der Waals surface area contributed by atoms with Crippen molar-refractivity contribution in [3.63, 3.8) is 0 Å². The molecule has 4 rings (SSSR count). The van der Waals surface area contributed by atoms with Gasteiger partial charge < -0.3 is 15.1 Å². The van der Waals surface area contributed by atoms with Crippen LogP contribution in [0.5, 0.6) is 0 Å². The van der Waals surface area contributed by atoms with Crippen LogP contribution in [0.2, 0.25) is 0 Å². The van der Waals surface area contributed by atoms with Gasteiger partial charge >= 0.3 is 0 Å². The molecule has 1 aliphatic heterocycles. The number of ketones is 1. The van der Waals surface area contributed by atoms with Gasteiger partial charge in [-0.05, 0) is 17.9 Å². The molecule has 1 saturated heterocycles. The summed E-state index contributed by atoms with van der Waals surface area (Å²) in [7, 11) is 1.79. The number of piperazine rings is 1. The van der Waals surface area contributed by atoms with E-state index in [-0.39, 0.29) is 11.7 Å². The van der Waals surface area contributed by atoms with Crippen molar-refractivity contribution >= 4 is 24.0 Å². The summed E-state index contributed by atoms with van der Waals surface area (Å²) in [6.07, 6.45) is 2.09. The standard InChI is InChI=1S/C20H23N5O2/c1-21-19-18-16(11-15(12-17(18)27)14-5-3-2-4-6-14)22-20(23-19)25-9-7-24(13-26)8-10-25/h2-6,13,15H,7-12H2,1H3,(H,21,22,23)/t15-/m1/s1. The third kappa shape index (κ3) is 3.37. The Balaban J connectivity index is 1.66. The van der Waals surface area contributed by atoms with Gasteiger partial charge in [-0.15, -0.1) is 0 Å². The second-order valence-corrected chi connectivity index (χ2v) is 7.01. The van der Waals surface area contributed by atoms with Gasteiger partial charge in [-0.2, -0.15) is 4.98 Å². The highest BCUT2D eigenvalue weighted by molar-refractivity contribution is 6.03. The van der Waals surface area contributed by atoms with Crippen LogP contribution in [0.3, 0.4) is 0 Å². The number of nitrogens with one attached hydrogen (secondary N) is 1. The molecule has 0 bridgehead atoms. The molecule has 0 saturated carbocycles. The fourth-order valence-electron chi connectivity index (χ4n) is 3.88. The molecule has 1 aliphatic carbocycles. The molecule has 0 unspecified atom stereocenters. The second-order valence-electron chi connectivity index (χ2n) is 7.01. The van der Waals surface area contributed by atoms with Crippen LogP contribution in [0.1, 0.15) is 34.0 Å². The van der Waals surface area contributed by atoms with E-state index in [9.17, 15) is 9.59 Å². The van der Waals surface area contributed by atoms with Crippen LogP contribution in [-0.2, 0) is 11.2 Å². The fraction of sp³-hybridized carbons (Fsp3) is 0.400. The third-order valence-electron chi connectivity index (χ3n) is 5.38. The van der Waals surface area contributed by atoms with E-state index in [1.807, 2.05) is 18.2 Å². The highest BCUT2D eigenvalue weighted by Crippen LogP contribution is 2.35. The van der Waals surface area contributed by atoms with Gasteiger partial charge in [0, 0.05) is 39.6 Å². The molecule has 7 heteroatoms. The average Bonchev–Trinajstić information content (AvgIpc) is 2.73. The average molecular weight is 365 g/mol. The molecule has 0 spiro atoms. The predicted octanol–water partition coefficient (Wildman–Crippen LogP) is 1.71. The maximum Gasteiger partial charge on any atom is 0.227 e. The van der Waals surface area contributed by atoms with Gasteiger partial charge in [0.1, 0.15) is 5.82 Å². The number of nitrogens with zero attached hydrogens (tertiary/aromatic N) is 4. The van der Waals surface area contributed by atoms with Crippen LogP contribution in [0.25, 0.3) is 0 Å². The third-order valence-corrected chi connectivity index (χ3v) is 5.38. The minimum Gasteiger partial charge on any atom is -0.372 e. The molecule has 2 aliphatic rings. The smallest absolute Gasteiger partial charge is 0.227 e. The monoisotopic (exact) mass is 365 g/mol. The maximum atomic E-state index is 12.8. The van der Waals surface area contributed by atoms with Crippen LogP contribution < -0.4 is 10.2 Å². The Labute approximate surface area is 158 Å². The first kappa shape index (κ1) is 17.5. The van der Waals surface area contributed by atoms with Crippen LogP contribution in [0.4, 0.5) is 11.8 Å². The Morgan fingerprint density at radius 1 is 1.07 bits per heavy atom. The minimum absolute atomic E-state index is 0.0896. The summed E-state index contributed by atoms with van der Waals surface area (Å²) in [6, 6.07) is 10.1. The van der Waals surface area contributed by atoms with Crippen LogP contribution in [0.15, 0.2) is 30.3 Å². The van der Waals surface area contributed by atoms with Crippen molar-refractivity contribution < 1.29 is 9.59 Å². The summed E-state index contributed by atoms with van der Waals surface area (Å²) >= 11 is 0. The Kier molecular flexibility index (Phi) is 4.75. The number of carbonyl (C=O) groups is 2. The van der Waals surface area contributed by atoms with Gasteiger partial charge in [-0.3, -0.25) is 9.59 Å². The molecule has 1 amide bonds. The fourth-order valence-corrected chi connectivity index (χ4v) is 3.88. The number of anilines is 2. The highest BCUT2D eigenvalue weighted by Gasteiger charge is 2.31. The van der Waals surface area contributed by atoms with E-state index in [2.05, 4.69) is 27.3 Å². The lowest BCUT2D eigenvalue weighted by Crippen LogP contribution is -2.46. The van der Waals surface area contributed by atoms with E-state index in [0.29, 0.717) is 49.9 Å². The predicted molar refractivity (Wildman–Crippen MR) is 103 cm³/mol. The van der Waals surface area contributed by atoms with E-state index in [4.69, 9.17) is 4.98 Å². The molecular formula is C20H23N5O2. The number of rotatable bonds is 4. The molecule has 1 fully saturated rings. The van der Waals surface area contributed by atoms with Gasteiger partial charge in [0.25, 0.3) is 0 Å². The van der Waals surface area contributed by atoms with Crippen LogP contribution >= 0.6 is 0 Å². The largest absolute Gasteiger partial charge is 0.372 e. The van der Waals surface area contributed by atoms with Crippen molar-refractivity contribution in [2.24, 2.45) is 0 Å². The Bertz CT molecular complexity index is 847. The number of hydrogen-bond acceptors (Lipinski definition) is 6. The maximum absolute atomic E-state index is 12.8. The highest BCUT2D eigenvalue weighted by atomic mass is 16.1. The molecule has 2 heterocycles. The lowest BCUT2D eigenvalue weighted by Gasteiger charge is -2.33. The normalized spacial score (nSPS) is 19.6. The summed E-state index contributed by atoms with van der Waals surface area (Å²) in [5, 5.41) is 3.07. The quantitative estimate of drug-likeness (QED) is 0.831. The van der Waals surface area contributed by atoms with Gasteiger partial charge in [0.15, 0.2) is 5.78 Å². The van der Waals surface area contributed by atoms with Crippen molar-refractivity contribution in [2.45, 2.75) is 18.8 Å². The second kappa shape index (κ2) is 7.34. The molecule has 7 nitrogen and oxygen atoms in total. The number of hydrogen-bond donors (Lipinski definition) is 1. The summed E-state index contributed by atoms with van der Waals surface area (Å²) in [5.41, 5.74) is 2.61. The lowest BCUT2D eigenvalue weighted by molar-refractivity contribution is -0.118. The number of Topliss-reactive ketones (excluding diaryl/α,β-unsaturated/α-hetero) is 1. The lowest BCUT2D eigenvalue weighted by atomic mass is 9.82. The summed E-state index contributed by atoms with van der Waals surface area (Å²) < 4.78 is 0. The van der Waals surface area contributed by atoms with Gasteiger partial charge in [0.2, 0.25) is 12.4 Å². The van der Waals surface area contributed by atoms with Crippen LogP contribution in [-0.4, -0.2) is 60.3 Å². The zero-order chi connectivity index (χ0) is 18.8. The van der Waals surface area contributed by atoms with Gasteiger partial charge in [0.05, 0.1) is 11.3 Å². The SMILES string of the molecule is CNc1nc(N2CCN(C=O)CC2)nc2c1C(=O)C[C@H](c1ccccc1)C2. The summed E-state index contributed by atoms with van der Waals surface area (Å²) in [4.78, 5) is 37.0. The summed E-state index contributed by atoms with van der Waals surface area (Å²) in [5.74, 6) is 1.46. The first-order chi connectivity index (χ1) is 13.2. The van der Waals surface area contributed by atoms with Crippen molar-refractivity contribution in [1.82, 2.24) is 14.9 Å². The number of aromatic nitrogens is 2. The molecule has 1 N–H and O–H groups in total. The van der Waals surface area contributed by atoms with Crippen molar-refractivity contribution in [1.29, 1.82) is 0 Å². The first-order valence-corrected chi connectivity index (χ1v) is 9.30. The topological polar surface area (TPSA) is 78.4 Å². The molecule has 1 atom stereocenters. The minimum atomic E-state index is 0.0896. The number of amides is 1. The number of carbonyl (C=O) groups excluding carboxylic acids is 2. The number of fused-ring (bicyclic) bond motifs is 1. The molecule has 1 aromatic heterocycles. The zero-order valence-corrected chi connectivity index (χ0v) is 15.4. The first-order valence-electron chi connectivity index (χ1n) is 9.30. The Morgan fingerprint density at radius 2 is 1.81 bits per heavy atom.